The van der Waals surface area contributed by atoms with Gasteiger partial charge in [-0.2, -0.15) is 0 Å². The molecule has 0 bridgehead atoms. The fraction of sp³-hybridized carbons (Fsp3) is 0.263. The van der Waals surface area contributed by atoms with Gasteiger partial charge in [-0.1, -0.05) is 36.4 Å². The Bertz CT molecular complexity index is 716. The summed E-state index contributed by atoms with van der Waals surface area (Å²) in [6.07, 6.45) is 0.679. The van der Waals surface area contributed by atoms with Crippen molar-refractivity contribution in [3.8, 4) is 5.75 Å². The molecule has 1 unspecified atom stereocenters. The van der Waals surface area contributed by atoms with Crippen molar-refractivity contribution in [2.24, 2.45) is 5.92 Å². The van der Waals surface area contributed by atoms with E-state index in [2.05, 4.69) is 10.6 Å². The number of ether oxygens (including phenoxy) is 1. The van der Waals surface area contributed by atoms with Crippen molar-refractivity contribution in [3.63, 3.8) is 0 Å². The van der Waals surface area contributed by atoms with E-state index in [9.17, 15) is 9.59 Å². The standard InChI is InChI=1S/C19H20N2O3/c22-18(14-6-2-1-3-7-14)20-10-11-21-19(23)16-12-15-8-4-5-9-17(15)24-13-16/h1-9,16H,10-13H2,(H,20,22)(H,21,23). The van der Waals surface area contributed by atoms with Crippen molar-refractivity contribution < 1.29 is 14.3 Å². The molecule has 5 nitrogen and oxygen atoms in total. The van der Waals surface area contributed by atoms with E-state index in [1.54, 1.807) is 12.1 Å². The molecule has 24 heavy (non-hydrogen) atoms. The molecule has 1 aliphatic heterocycles. The average Bonchev–Trinajstić information content (AvgIpc) is 2.65. The second-order valence-corrected chi connectivity index (χ2v) is 5.73. The molecule has 0 aliphatic carbocycles. The van der Waals surface area contributed by atoms with Crippen molar-refractivity contribution in [2.75, 3.05) is 19.7 Å². The molecular weight excluding hydrogens is 304 g/mol. The second-order valence-electron chi connectivity index (χ2n) is 5.73. The molecule has 0 saturated carbocycles. The summed E-state index contributed by atoms with van der Waals surface area (Å²) in [5.41, 5.74) is 1.67. The van der Waals surface area contributed by atoms with Gasteiger partial charge in [0.1, 0.15) is 12.4 Å². The Morgan fingerprint density at radius 2 is 1.67 bits per heavy atom. The summed E-state index contributed by atoms with van der Waals surface area (Å²) in [4.78, 5) is 24.1. The van der Waals surface area contributed by atoms with Crippen LogP contribution in [0, 0.1) is 5.92 Å². The van der Waals surface area contributed by atoms with Gasteiger partial charge in [0.2, 0.25) is 5.91 Å². The highest BCUT2D eigenvalue weighted by Gasteiger charge is 2.25. The van der Waals surface area contributed by atoms with Crippen molar-refractivity contribution in [1.29, 1.82) is 0 Å². The maximum absolute atomic E-state index is 12.2. The lowest BCUT2D eigenvalue weighted by atomic mass is 9.96. The van der Waals surface area contributed by atoms with Crippen LogP contribution < -0.4 is 15.4 Å². The lowest BCUT2D eigenvalue weighted by Gasteiger charge is -2.24. The second kappa shape index (κ2) is 7.64. The molecule has 1 heterocycles. The maximum Gasteiger partial charge on any atom is 0.251 e. The summed E-state index contributed by atoms with van der Waals surface area (Å²) in [5.74, 6) is 0.486. The molecule has 1 atom stereocenters. The number of fused-ring (bicyclic) bond motifs is 1. The van der Waals surface area contributed by atoms with E-state index >= 15 is 0 Å². The predicted molar refractivity (Wildman–Crippen MR) is 90.9 cm³/mol. The van der Waals surface area contributed by atoms with E-state index in [0.717, 1.165) is 11.3 Å². The van der Waals surface area contributed by atoms with E-state index in [-0.39, 0.29) is 17.7 Å². The lowest BCUT2D eigenvalue weighted by molar-refractivity contribution is -0.126. The zero-order valence-corrected chi connectivity index (χ0v) is 13.3. The minimum Gasteiger partial charge on any atom is -0.492 e. The molecule has 0 radical (unpaired) electrons. The van der Waals surface area contributed by atoms with Crippen LogP contribution in [0.5, 0.6) is 5.75 Å². The maximum atomic E-state index is 12.2. The topological polar surface area (TPSA) is 67.4 Å². The van der Waals surface area contributed by atoms with Crippen LogP contribution >= 0.6 is 0 Å². The van der Waals surface area contributed by atoms with Gasteiger partial charge < -0.3 is 15.4 Å². The molecule has 5 heteroatoms. The molecule has 2 amide bonds. The molecule has 2 aromatic carbocycles. The normalized spacial score (nSPS) is 15.8. The Labute approximate surface area is 141 Å². The average molecular weight is 324 g/mol. The first-order chi connectivity index (χ1) is 11.7. The monoisotopic (exact) mass is 324 g/mol. The largest absolute Gasteiger partial charge is 0.492 e. The molecule has 3 rings (SSSR count). The minimum absolute atomic E-state index is 0.0431. The number of benzene rings is 2. The van der Waals surface area contributed by atoms with E-state index in [1.807, 2.05) is 42.5 Å². The number of carbonyl (C=O) groups is 2. The molecule has 124 valence electrons. The van der Waals surface area contributed by atoms with Crippen molar-refractivity contribution in [2.45, 2.75) is 6.42 Å². The first-order valence-corrected chi connectivity index (χ1v) is 8.05. The van der Waals surface area contributed by atoms with Crippen molar-refractivity contribution in [3.05, 3.63) is 65.7 Å². The number of carbonyl (C=O) groups excluding carboxylic acids is 2. The van der Waals surface area contributed by atoms with E-state index in [0.29, 0.717) is 31.7 Å². The van der Waals surface area contributed by atoms with E-state index in [4.69, 9.17) is 4.74 Å². The van der Waals surface area contributed by atoms with Crippen LogP contribution in [0.3, 0.4) is 0 Å². The van der Waals surface area contributed by atoms with Gasteiger partial charge in [-0.3, -0.25) is 9.59 Å². The highest BCUT2D eigenvalue weighted by atomic mass is 16.5. The van der Waals surface area contributed by atoms with Crippen LogP contribution in [0.2, 0.25) is 0 Å². The van der Waals surface area contributed by atoms with Gasteiger partial charge in [-0.25, -0.2) is 0 Å². The Hall–Kier alpha value is -2.82. The summed E-state index contributed by atoms with van der Waals surface area (Å²) in [6.45, 7) is 1.18. The molecule has 0 fully saturated rings. The van der Waals surface area contributed by atoms with Gasteiger partial charge in [0.15, 0.2) is 0 Å². The predicted octanol–water partition coefficient (Wildman–Crippen LogP) is 1.78. The molecule has 1 aliphatic rings. The van der Waals surface area contributed by atoms with E-state index in [1.165, 1.54) is 0 Å². The van der Waals surface area contributed by atoms with Crippen LogP contribution in [-0.2, 0) is 11.2 Å². The zero-order valence-electron chi connectivity index (χ0n) is 13.3. The SMILES string of the molecule is O=C(NCCNC(=O)C1COc2ccccc2C1)c1ccccc1. The smallest absolute Gasteiger partial charge is 0.251 e. The summed E-state index contributed by atoms with van der Waals surface area (Å²) >= 11 is 0. The molecule has 0 saturated heterocycles. The fourth-order valence-electron chi connectivity index (χ4n) is 2.69. The Kier molecular flexibility index (Phi) is 5.11. The third kappa shape index (κ3) is 3.93. The summed E-state index contributed by atoms with van der Waals surface area (Å²) in [5, 5.41) is 5.64. The zero-order chi connectivity index (χ0) is 16.8. The molecular formula is C19H20N2O3. The highest BCUT2D eigenvalue weighted by Crippen LogP contribution is 2.26. The van der Waals surface area contributed by atoms with Gasteiger partial charge in [0, 0.05) is 18.7 Å². The summed E-state index contributed by atoms with van der Waals surface area (Å²) in [6, 6.07) is 16.8. The minimum atomic E-state index is -0.190. The number of para-hydroxylation sites is 1. The third-order valence-corrected chi connectivity index (χ3v) is 4.00. The van der Waals surface area contributed by atoms with Gasteiger partial charge in [-0.15, -0.1) is 0 Å². The highest BCUT2D eigenvalue weighted by molar-refractivity contribution is 5.94. The first kappa shape index (κ1) is 16.1. The van der Waals surface area contributed by atoms with Crippen LogP contribution in [0.15, 0.2) is 54.6 Å². The molecule has 2 aromatic rings. The Morgan fingerprint density at radius 1 is 0.958 bits per heavy atom. The summed E-state index contributed by atoms with van der Waals surface area (Å²) in [7, 11) is 0. The molecule has 0 aromatic heterocycles. The number of nitrogens with one attached hydrogen (secondary N) is 2. The number of rotatable bonds is 5. The van der Waals surface area contributed by atoms with Gasteiger partial charge in [0.05, 0.1) is 5.92 Å². The summed E-state index contributed by atoms with van der Waals surface area (Å²) < 4.78 is 5.63. The molecule has 0 spiro atoms. The number of hydrogen-bond acceptors (Lipinski definition) is 3. The van der Waals surface area contributed by atoms with Gasteiger partial charge >= 0.3 is 0 Å². The lowest BCUT2D eigenvalue weighted by Crippen LogP contribution is -2.41. The number of hydrogen-bond donors (Lipinski definition) is 2. The van der Waals surface area contributed by atoms with E-state index < -0.39 is 0 Å². The quantitative estimate of drug-likeness (QED) is 0.824. The van der Waals surface area contributed by atoms with Crippen molar-refractivity contribution >= 4 is 11.8 Å². The van der Waals surface area contributed by atoms with Crippen molar-refractivity contribution in [1.82, 2.24) is 10.6 Å². The number of amides is 2. The third-order valence-electron chi connectivity index (χ3n) is 4.00. The van der Waals surface area contributed by atoms with Crippen LogP contribution in [0.25, 0.3) is 0 Å². The van der Waals surface area contributed by atoms with Gasteiger partial charge in [0.25, 0.3) is 5.91 Å². The van der Waals surface area contributed by atoms with Crippen LogP contribution in [0.1, 0.15) is 15.9 Å². The van der Waals surface area contributed by atoms with Gasteiger partial charge in [-0.05, 0) is 30.2 Å². The molecule has 2 N–H and O–H groups in total. The Balaban J connectivity index is 1.41. The Morgan fingerprint density at radius 3 is 2.50 bits per heavy atom. The van der Waals surface area contributed by atoms with Crippen LogP contribution in [-0.4, -0.2) is 31.5 Å². The fourth-order valence-corrected chi connectivity index (χ4v) is 2.69. The first-order valence-electron chi connectivity index (χ1n) is 8.05. The van der Waals surface area contributed by atoms with Crippen LogP contribution in [0.4, 0.5) is 0 Å².